The molecule has 4 nitrogen and oxygen atoms in total. The highest BCUT2D eigenvalue weighted by molar-refractivity contribution is 6.29. The van der Waals surface area contributed by atoms with Crippen LogP contribution in [0.3, 0.4) is 0 Å². The lowest BCUT2D eigenvalue weighted by Crippen LogP contribution is -2.26. The van der Waals surface area contributed by atoms with E-state index in [9.17, 15) is 5.11 Å². The van der Waals surface area contributed by atoms with Gasteiger partial charge in [-0.2, -0.15) is 0 Å². The van der Waals surface area contributed by atoms with Gasteiger partial charge in [0.15, 0.2) is 0 Å². The summed E-state index contributed by atoms with van der Waals surface area (Å²) in [7, 11) is 0. The van der Waals surface area contributed by atoms with Gasteiger partial charge in [-0.05, 0) is 19.3 Å². The van der Waals surface area contributed by atoms with Gasteiger partial charge in [-0.1, -0.05) is 25.4 Å². The number of aromatic nitrogens is 2. The van der Waals surface area contributed by atoms with Gasteiger partial charge in [0.25, 0.3) is 0 Å². The van der Waals surface area contributed by atoms with Crippen LogP contribution in [0.5, 0.6) is 0 Å². The van der Waals surface area contributed by atoms with E-state index in [1.54, 1.807) is 13.0 Å². The monoisotopic (exact) mass is 243 g/mol. The average Bonchev–Trinajstić information content (AvgIpc) is 2.14. The van der Waals surface area contributed by atoms with E-state index in [4.69, 9.17) is 11.6 Å². The summed E-state index contributed by atoms with van der Waals surface area (Å²) in [6.07, 6.45) is 0.886. The van der Waals surface area contributed by atoms with Gasteiger partial charge < -0.3 is 10.4 Å². The summed E-state index contributed by atoms with van der Waals surface area (Å²) < 4.78 is 0. The average molecular weight is 244 g/mol. The molecular formula is C11H18ClN3O. The van der Waals surface area contributed by atoms with Crippen LogP contribution in [-0.2, 0) is 0 Å². The first-order valence-electron chi connectivity index (χ1n) is 5.40. The van der Waals surface area contributed by atoms with Crippen molar-refractivity contribution in [3.63, 3.8) is 0 Å². The van der Waals surface area contributed by atoms with E-state index in [0.717, 1.165) is 6.42 Å². The number of nitrogens with zero attached hydrogens (tertiary/aromatic N) is 2. The van der Waals surface area contributed by atoms with Crippen molar-refractivity contribution in [3.8, 4) is 0 Å². The summed E-state index contributed by atoms with van der Waals surface area (Å²) in [6, 6.07) is 1.67. The van der Waals surface area contributed by atoms with Crippen LogP contribution in [0.25, 0.3) is 0 Å². The van der Waals surface area contributed by atoms with Crippen molar-refractivity contribution in [1.29, 1.82) is 0 Å². The normalized spacial score (nSPS) is 12.9. The maximum Gasteiger partial charge on any atom is 0.134 e. The molecule has 1 atom stereocenters. The largest absolute Gasteiger partial charge is 0.394 e. The van der Waals surface area contributed by atoms with Crippen LogP contribution in [-0.4, -0.2) is 27.7 Å². The van der Waals surface area contributed by atoms with E-state index in [1.165, 1.54) is 0 Å². The van der Waals surface area contributed by atoms with E-state index >= 15 is 0 Å². The Morgan fingerprint density at radius 3 is 2.62 bits per heavy atom. The predicted molar refractivity (Wildman–Crippen MR) is 65.7 cm³/mol. The Hall–Kier alpha value is -0.870. The minimum absolute atomic E-state index is 0.00497. The van der Waals surface area contributed by atoms with Crippen molar-refractivity contribution in [1.82, 2.24) is 9.97 Å². The standard InChI is InChI=1S/C11H18ClN3O/c1-7(2)4-9(6-16)15-11-5-10(12)13-8(3)14-11/h5,7,9,16H,4,6H2,1-3H3,(H,13,14,15)/t9-/m1/s1. The van der Waals surface area contributed by atoms with Crippen molar-refractivity contribution in [2.45, 2.75) is 33.2 Å². The molecule has 0 amide bonds. The van der Waals surface area contributed by atoms with E-state index in [2.05, 4.69) is 29.1 Å². The van der Waals surface area contributed by atoms with E-state index in [0.29, 0.717) is 22.7 Å². The molecule has 0 spiro atoms. The maximum absolute atomic E-state index is 9.24. The highest BCUT2D eigenvalue weighted by Gasteiger charge is 2.10. The smallest absolute Gasteiger partial charge is 0.134 e. The van der Waals surface area contributed by atoms with Crippen LogP contribution in [0.15, 0.2) is 6.07 Å². The molecule has 0 aromatic carbocycles. The molecular weight excluding hydrogens is 226 g/mol. The first kappa shape index (κ1) is 13.2. The quantitative estimate of drug-likeness (QED) is 0.779. The second-order valence-corrected chi connectivity index (χ2v) is 4.66. The third kappa shape index (κ3) is 4.33. The molecule has 0 saturated heterocycles. The molecule has 1 aromatic rings. The number of hydrogen-bond donors (Lipinski definition) is 2. The molecule has 0 aliphatic carbocycles. The van der Waals surface area contributed by atoms with Gasteiger partial charge in [0, 0.05) is 6.07 Å². The number of aliphatic hydroxyl groups excluding tert-OH is 1. The summed E-state index contributed by atoms with van der Waals surface area (Å²) in [4.78, 5) is 8.19. The van der Waals surface area contributed by atoms with Crippen LogP contribution in [0, 0.1) is 12.8 Å². The molecule has 1 aromatic heterocycles. The molecule has 0 aliphatic heterocycles. The van der Waals surface area contributed by atoms with Crippen molar-refractivity contribution >= 4 is 17.4 Å². The van der Waals surface area contributed by atoms with Crippen LogP contribution < -0.4 is 5.32 Å². The maximum atomic E-state index is 9.24. The summed E-state index contributed by atoms with van der Waals surface area (Å²) in [5, 5.41) is 12.8. The zero-order chi connectivity index (χ0) is 12.1. The van der Waals surface area contributed by atoms with Gasteiger partial charge in [0.1, 0.15) is 16.8 Å². The molecule has 0 fully saturated rings. The Morgan fingerprint density at radius 2 is 2.12 bits per heavy atom. The van der Waals surface area contributed by atoms with Crippen LogP contribution in [0.2, 0.25) is 5.15 Å². The lowest BCUT2D eigenvalue weighted by molar-refractivity contribution is 0.259. The summed E-state index contributed by atoms with van der Waals surface area (Å²) in [6.45, 7) is 6.09. The molecule has 0 unspecified atom stereocenters. The summed E-state index contributed by atoms with van der Waals surface area (Å²) >= 11 is 5.83. The van der Waals surface area contributed by atoms with Crippen LogP contribution >= 0.6 is 11.6 Å². The zero-order valence-corrected chi connectivity index (χ0v) is 10.6. The Bertz CT molecular complexity index is 324. The Kier molecular flexibility index (Phi) is 4.96. The molecule has 0 radical (unpaired) electrons. The first-order chi connectivity index (χ1) is 7.51. The van der Waals surface area contributed by atoms with Crippen molar-refractivity contribution in [3.05, 3.63) is 17.0 Å². The molecule has 0 bridgehead atoms. The second-order valence-electron chi connectivity index (χ2n) is 4.28. The van der Waals surface area contributed by atoms with Gasteiger partial charge in [0.05, 0.1) is 12.6 Å². The molecule has 0 aliphatic rings. The van der Waals surface area contributed by atoms with Crippen molar-refractivity contribution in [2.75, 3.05) is 11.9 Å². The lowest BCUT2D eigenvalue weighted by Gasteiger charge is -2.18. The highest BCUT2D eigenvalue weighted by atomic mass is 35.5. The number of aryl methyl sites for hydroxylation is 1. The van der Waals surface area contributed by atoms with Gasteiger partial charge in [-0.25, -0.2) is 9.97 Å². The number of halogens is 1. The Morgan fingerprint density at radius 1 is 1.44 bits per heavy atom. The van der Waals surface area contributed by atoms with Crippen LogP contribution in [0.1, 0.15) is 26.1 Å². The molecule has 5 heteroatoms. The van der Waals surface area contributed by atoms with E-state index in [-0.39, 0.29) is 12.6 Å². The number of hydrogen-bond acceptors (Lipinski definition) is 4. The summed E-state index contributed by atoms with van der Waals surface area (Å²) in [5.41, 5.74) is 0. The molecule has 1 heterocycles. The third-order valence-electron chi connectivity index (χ3n) is 2.14. The predicted octanol–water partition coefficient (Wildman–Crippen LogP) is 2.26. The number of nitrogens with one attached hydrogen (secondary N) is 1. The third-order valence-corrected chi connectivity index (χ3v) is 2.33. The van der Waals surface area contributed by atoms with E-state index < -0.39 is 0 Å². The molecule has 16 heavy (non-hydrogen) atoms. The zero-order valence-electron chi connectivity index (χ0n) is 9.87. The minimum Gasteiger partial charge on any atom is -0.394 e. The lowest BCUT2D eigenvalue weighted by atomic mass is 10.0. The fraction of sp³-hybridized carbons (Fsp3) is 0.636. The van der Waals surface area contributed by atoms with Gasteiger partial charge in [0.2, 0.25) is 0 Å². The highest BCUT2D eigenvalue weighted by Crippen LogP contribution is 2.14. The molecule has 2 N–H and O–H groups in total. The van der Waals surface area contributed by atoms with Crippen molar-refractivity contribution in [2.24, 2.45) is 5.92 Å². The van der Waals surface area contributed by atoms with Gasteiger partial charge >= 0.3 is 0 Å². The Labute approximate surface area is 101 Å². The minimum atomic E-state index is 0.00497. The van der Waals surface area contributed by atoms with Gasteiger partial charge in [-0.15, -0.1) is 0 Å². The fourth-order valence-electron chi connectivity index (χ4n) is 1.56. The summed E-state index contributed by atoms with van der Waals surface area (Å²) in [5.74, 6) is 1.80. The van der Waals surface area contributed by atoms with E-state index in [1.807, 2.05) is 0 Å². The second kappa shape index (κ2) is 6.01. The number of aliphatic hydroxyl groups is 1. The van der Waals surface area contributed by atoms with Crippen molar-refractivity contribution < 1.29 is 5.11 Å². The number of rotatable bonds is 5. The molecule has 0 saturated carbocycles. The van der Waals surface area contributed by atoms with Crippen LogP contribution in [0.4, 0.5) is 5.82 Å². The first-order valence-corrected chi connectivity index (χ1v) is 5.77. The number of anilines is 1. The SMILES string of the molecule is Cc1nc(Cl)cc(N[C@@H](CO)CC(C)C)n1. The fourth-order valence-corrected chi connectivity index (χ4v) is 1.79. The molecule has 1 rings (SSSR count). The van der Waals surface area contributed by atoms with Gasteiger partial charge in [-0.3, -0.25) is 0 Å². The molecule has 90 valence electrons. The topological polar surface area (TPSA) is 58.0 Å². The Balaban J connectivity index is 2.69.